The second-order valence-corrected chi connectivity index (χ2v) is 10.1. The van der Waals surface area contributed by atoms with Gasteiger partial charge in [-0.3, -0.25) is 9.59 Å². The molecule has 200 valence electrons. The van der Waals surface area contributed by atoms with Crippen LogP contribution < -0.4 is 103 Å². The Bertz CT molecular complexity index is 441. The molecule has 0 spiro atoms. The minimum atomic E-state index is -0.328. The van der Waals surface area contributed by atoms with Gasteiger partial charge in [-0.2, -0.15) is 0 Å². The van der Waals surface area contributed by atoms with Crippen LogP contribution in [0.3, 0.4) is 0 Å². The summed E-state index contributed by atoms with van der Waals surface area (Å²) in [6.45, 7) is 4.52. The Hall–Kier alpha value is 2.41. The van der Waals surface area contributed by atoms with Crippen LogP contribution in [-0.2, 0) is 14.3 Å². The van der Waals surface area contributed by atoms with Crippen molar-refractivity contribution in [1.29, 1.82) is 0 Å². The van der Waals surface area contributed by atoms with Crippen LogP contribution in [0.2, 0.25) is 0 Å². The quantitative estimate of drug-likeness (QED) is 0.0696. The summed E-state index contributed by atoms with van der Waals surface area (Å²) in [5, 5.41) is 0. The minimum absolute atomic E-state index is 0. The normalized spacial score (nSPS) is 10.5. The van der Waals surface area contributed by atoms with Gasteiger partial charge in [0.05, 0.1) is 0 Å². The number of esters is 2. The Balaban J connectivity index is -0.000000853. The molecule has 5 heteroatoms. The molecule has 0 aromatic rings. The summed E-state index contributed by atoms with van der Waals surface area (Å²) in [6.07, 6.45) is 31.4. The van der Waals surface area contributed by atoms with E-state index in [0.717, 1.165) is 25.7 Å². The summed E-state index contributed by atoms with van der Waals surface area (Å²) >= 11 is 0. The summed E-state index contributed by atoms with van der Waals surface area (Å²) in [6, 6.07) is 0. The number of hydrogen-bond acceptors (Lipinski definition) is 3. The third-order valence-corrected chi connectivity index (χ3v) is 6.70. The van der Waals surface area contributed by atoms with E-state index in [2.05, 4.69) is 13.8 Å². The zero-order valence-electron chi connectivity index (χ0n) is 26.6. The number of hydrogen-bond donors (Lipinski definition) is 0. The molecule has 3 nitrogen and oxygen atoms in total. The van der Waals surface area contributed by atoms with E-state index in [-0.39, 0.29) is 118 Å². The Morgan fingerprint density at radius 1 is 0.400 bits per heavy atom. The van der Waals surface area contributed by atoms with Crippen molar-refractivity contribution in [3.63, 3.8) is 0 Å². The van der Waals surface area contributed by atoms with E-state index in [9.17, 15) is 9.59 Å². The van der Waals surface area contributed by atoms with Crippen molar-refractivity contribution in [2.45, 2.75) is 181 Å². The fourth-order valence-corrected chi connectivity index (χ4v) is 4.45. The number of ether oxygens (including phenoxy) is 1. The second-order valence-electron chi connectivity index (χ2n) is 10.1. The maximum atomic E-state index is 11.8. The first-order chi connectivity index (χ1) is 16.2. The number of unbranched alkanes of at least 4 members (excludes halogenated alkanes) is 22. The maximum absolute atomic E-state index is 11.8. The summed E-state index contributed by atoms with van der Waals surface area (Å²) in [5.41, 5.74) is 0. The van der Waals surface area contributed by atoms with E-state index in [1.54, 1.807) is 0 Å². The zero-order chi connectivity index (χ0) is 24.2. The van der Waals surface area contributed by atoms with E-state index in [0.29, 0.717) is 12.8 Å². The summed E-state index contributed by atoms with van der Waals surface area (Å²) < 4.78 is 4.97. The smallest absolute Gasteiger partial charge is 1.00 e. The molecule has 0 aliphatic rings. The monoisotopic (exact) mass is 546 g/mol. The molecule has 0 rings (SSSR count). The Kier molecular flexibility index (Phi) is 43.6. The van der Waals surface area contributed by atoms with Crippen LogP contribution >= 0.6 is 0 Å². The largest absolute Gasteiger partial charge is 1.00 e. The molecule has 0 saturated heterocycles. The molecular weight excluding hydrogens is 487 g/mol. The van der Waals surface area contributed by atoms with Gasteiger partial charge in [0.2, 0.25) is 0 Å². The first-order valence-corrected chi connectivity index (χ1v) is 14.9. The number of carbonyl (C=O) groups excluding carboxylic acids is 2. The van der Waals surface area contributed by atoms with Gasteiger partial charge in [-0.15, -0.1) is 0 Å². The molecule has 0 aliphatic carbocycles. The molecular formula is C30H60K2O3. The Morgan fingerprint density at radius 2 is 0.600 bits per heavy atom. The third kappa shape index (κ3) is 36.4. The predicted octanol–water partition coefficient (Wildman–Crippen LogP) is 4.47. The fourth-order valence-electron chi connectivity index (χ4n) is 4.45. The zero-order valence-corrected chi connectivity index (χ0v) is 30.9. The van der Waals surface area contributed by atoms with Crippen molar-refractivity contribution >= 4 is 11.9 Å². The number of carbonyl (C=O) groups is 2. The van der Waals surface area contributed by atoms with Gasteiger partial charge in [-0.05, 0) is 12.8 Å². The van der Waals surface area contributed by atoms with Gasteiger partial charge < -0.3 is 7.59 Å². The van der Waals surface area contributed by atoms with Crippen molar-refractivity contribution in [2.24, 2.45) is 0 Å². The van der Waals surface area contributed by atoms with E-state index < -0.39 is 0 Å². The van der Waals surface area contributed by atoms with E-state index in [1.165, 1.54) is 128 Å². The molecule has 35 heavy (non-hydrogen) atoms. The fraction of sp³-hybridized carbons (Fsp3) is 0.933. The number of rotatable bonds is 26. The van der Waals surface area contributed by atoms with Gasteiger partial charge in [0, 0.05) is 12.8 Å². The molecule has 0 saturated carbocycles. The standard InChI is InChI=1S/C30H58O3.2K.2H/c1-3-5-7-9-11-13-15-16-18-20-22-24-26-28-30(32)33-29(31)27-25-23-21-19-17-14-12-10-8-6-4-2;;;;/h3-28H2,1-2H3;;;;/q;2*+1;2*-1. The van der Waals surface area contributed by atoms with Gasteiger partial charge in [-0.25, -0.2) is 0 Å². The SMILES string of the molecule is CCCCCCCCCCCCCCCC(=O)OC(=O)CCCCCCCCCCCCC.[H-].[H-].[K+].[K+]. The van der Waals surface area contributed by atoms with Gasteiger partial charge >= 0.3 is 115 Å². The third-order valence-electron chi connectivity index (χ3n) is 6.70. The maximum Gasteiger partial charge on any atom is 1.00 e. The van der Waals surface area contributed by atoms with Crippen LogP contribution in [0.4, 0.5) is 0 Å². The van der Waals surface area contributed by atoms with Crippen molar-refractivity contribution in [1.82, 2.24) is 0 Å². The molecule has 0 heterocycles. The van der Waals surface area contributed by atoms with Gasteiger partial charge in [0.15, 0.2) is 0 Å². The molecule has 0 amide bonds. The average Bonchev–Trinajstić information content (AvgIpc) is 2.80. The van der Waals surface area contributed by atoms with Gasteiger partial charge in [0.1, 0.15) is 0 Å². The van der Waals surface area contributed by atoms with Crippen molar-refractivity contribution in [3.05, 3.63) is 0 Å². The molecule has 0 atom stereocenters. The van der Waals surface area contributed by atoms with Gasteiger partial charge in [-0.1, -0.05) is 155 Å². The molecule has 0 aromatic heterocycles. The van der Waals surface area contributed by atoms with Crippen LogP contribution in [0.25, 0.3) is 0 Å². The molecule has 0 bridgehead atoms. The van der Waals surface area contributed by atoms with Crippen LogP contribution in [0.15, 0.2) is 0 Å². The summed E-state index contributed by atoms with van der Waals surface area (Å²) in [4.78, 5) is 23.6. The van der Waals surface area contributed by atoms with Crippen LogP contribution in [0, 0.1) is 0 Å². The molecule has 0 aliphatic heterocycles. The Morgan fingerprint density at radius 3 is 0.829 bits per heavy atom. The van der Waals surface area contributed by atoms with Crippen LogP contribution in [-0.4, -0.2) is 11.9 Å². The van der Waals surface area contributed by atoms with Crippen LogP contribution in [0.5, 0.6) is 0 Å². The first kappa shape index (κ1) is 41.9. The summed E-state index contributed by atoms with van der Waals surface area (Å²) in [5.74, 6) is -0.656. The molecule has 0 unspecified atom stereocenters. The van der Waals surface area contributed by atoms with E-state index in [1.807, 2.05) is 0 Å². The Labute approximate surface area is 308 Å². The van der Waals surface area contributed by atoms with Gasteiger partial charge in [0.25, 0.3) is 0 Å². The van der Waals surface area contributed by atoms with E-state index in [4.69, 9.17) is 4.74 Å². The van der Waals surface area contributed by atoms with Crippen molar-refractivity contribution in [3.8, 4) is 0 Å². The first-order valence-electron chi connectivity index (χ1n) is 14.9. The molecule has 0 fully saturated rings. The molecule has 0 radical (unpaired) electrons. The van der Waals surface area contributed by atoms with E-state index >= 15 is 0 Å². The predicted molar refractivity (Wildman–Crippen MR) is 145 cm³/mol. The minimum Gasteiger partial charge on any atom is -1.00 e. The van der Waals surface area contributed by atoms with Crippen molar-refractivity contribution in [2.75, 3.05) is 0 Å². The summed E-state index contributed by atoms with van der Waals surface area (Å²) in [7, 11) is 0. The molecule has 0 N–H and O–H groups in total. The molecule has 0 aromatic carbocycles. The average molecular weight is 547 g/mol. The van der Waals surface area contributed by atoms with Crippen LogP contribution in [0.1, 0.15) is 184 Å². The second kappa shape index (κ2) is 36.4. The topological polar surface area (TPSA) is 43.4 Å². The van der Waals surface area contributed by atoms with Crippen molar-refractivity contribution < 1.29 is 120 Å².